The summed E-state index contributed by atoms with van der Waals surface area (Å²) in [6.07, 6.45) is 7.03. The Bertz CT molecular complexity index is 2650. The molecule has 0 aromatic heterocycles. The third-order valence-electron chi connectivity index (χ3n) is 12.0. The lowest BCUT2D eigenvalue weighted by Crippen LogP contribution is -2.09. The van der Waals surface area contributed by atoms with Gasteiger partial charge in [0.05, 0.1) is 0 Å². The van der Waals surface area contributed by atoms with Gasteiger partial charge in [0, 0.05) is 24.0 Å². The van der Waals surface area contributed by atoms with Gasteiger partial charge in [-0.05, 0) is 127 Å². The number of rotatable bonds is 8. The molecular weight excluding hydrogens is 749 g/mol. The number of aryl methyl sites for hydroxylation is 2. The maximum absolute atomic E-state index is 13.4. The van der Waals surface area contributed by atoms with E-state index in [-0.39, 0.29) is 24.8 Å². The molecule has 0 saturated heterocycles. The molecule has 4 nitrogen and oxygen atoms in total. The lowest BCUT2D eigenvalue weighted by molar-refractivity contribution is -0.135. The Morgan fingerprint density at radius 1 is 0.377 bits per heavy atom. The van der Waals surface area contributed by atoms with Crippen molar-refractivity contribution in [2.24, 2.45) is 0 Å². The number of ether oxygens (including phenoxy) is 2. The van der Waals surface area contributed by atoms with Crippen molar-refractivity contribution in [3.63, 3.8) is 0 Å². The van der Waals surface area contributed by atoms with Gasteiger partial charge in [-0.25, -0.2) is 0 Å². The van der Waals surface area contributed by atoms with E-state index in [1.807, 2.05) is 24.3 Å². The molecule has 0 amide bonds. The monoisotopic (exact) mass is 798 g/mol. The quantitative estimate of drug-likeness (QED) is 0.113. The molecule has 8 aromatic carbocycles. The van der Waals surface area contributed by atoms with E-state index in [9.17, 15) is 9.59 Å². The summed E-state index contributed by atoms with van der Waals surface area (Å²) in [7, 11) is 0. The van der Waals surface area contributed by atoms with Gasteiger partial charge in [-0.3, -0.25) is 9.59 Å². The first kappa shape index (κ1) is 39.7. The van der Waals surface area contributed by atoms with Crippen LogP contribution in [0.1, 0.15) is 69.9 Å². The summed E-state index contributed by atoms with van der Waals surface area (Å²) in [5.74, 6) is 0.332. The molecule has 1 heterocycles. The van der Waals surface area contributed by atoms with E-state index in [0.29, 0.717) is 24.3 Å². The van der Waals surface area contributed by atoms with E-state index in [0.717, 1.165) is 87.0 Å². The lowest BCUT2D eigenvalue weighted by Gasteiger charge is -2.19. The lowest BCUT2D eigenvalue weighted by atomic mass is 9.89. The van der Waals surface area contributed by atoms with Gasteiger partial charge >= 0.3 is 11.9 Å². The Balaban J connectivity index is 1.12. The van der Waals surface area contributed by atoms with Crippen LogP contribution < -0.4 is 9.47 Å². The predicted octanol–water partition coefficient (Wildman–Crippen LogP) is 15.0. The van der Waals surface area contributed by atoms with Crippen LogP contribution in [-0.4, -0.2) is 11.9 Å². The van der Waals surface area contributed by atoms with Crippen LogP contribution in [0.3, 0.4) is 0 Å². The molecule has 0 bridgehead atoms. The average molecular weight is 799 g/mol. The fourth-order valence-corrected chi connectivity index (χ4v) is 8.74. The Hall–Kier alpha value is -6.78. The largest absolute Gasteiger partial charge is 0.426 e. The molecule has 0 atom stereocenters. The van der Waals surface area contributed by atoms with E-state index >= 15 is 0 Å². The van der Waals surface area contributed by atoms with E-state index < -0.39 is 0 Å². The number of hydrogen-bond donors (Lipinski definition) is 0. The third kappa shape index (κ3) is 8.63. The second-order valence-electron chi connectivity index (χ2n) is 16.3. The van der Waals surface area contributed by atoms with E-state index in [2.05, 4.69) is 147 Å². The van der Waals surface area contributed by atoms with E-state index in [1.54, 1.807) is 0 Å². The first-order chi connectivity index (χ1) is 29.9. The molecule has 1 aliphatic heterocycles. The van der Waals surface area contributed by atoms with Gasteiger partial charge in [-0.1, -0.05) is 167 Å². The Morgan fingerprint density at radius 2 is 0.705 bits per heavy atom. The average Bonchev–Trinajstić information content (AvgIpc) is 3.30. The fourth-order valence-electron chi connectivity index (χ4n) is 8.74. The molecule has 0 N–H and O–H groups in total. The summed E-state index contributed by atoms with van der Waals surface area (Å²) in [6, 6.07) is 55.8. The highest BCUT2D eigenvalue weighted by molar-refractivity contribution is 6.11. The van der Waals surface area contributed by atoms with Crippen LogP contribution in [0.4, 0.5) is 0 Å². The SMILES string of the molecule is CCCc1ccc(-c2ccc(-c3ccc4c5c(ccc4c3)OC(=O)CCCCCC(=O)Oc3ccc4cc(-c6ccc(-c7ccc(CCC)cc7)cc6)ccc4c3-5)cc2)cc1. The number of carbonyl (C=O) groups is 2. The van der Waals surface area contributed by atoms with Crippen LogP contribution in [-0.2, 0) is 22.4 Å². The summed E-state index contributed by atoms with van der Waals surface area (Å²) in [5.41, 5.74) is 13.3. The molecule has 8 aromatic rings. The summed E-state index contributed by atoms with van der Waals surface area (Å²) in [5, 5.41) is 3.77. The number of carbonyl (C=O) groups excluding carboxylic acids is 2. The molecule has 4 heteroatoms. The highest BCUT2D eigenvalue weighted by atomic mass is 16.5. The highest BCUT2D eigenvalue weighted by Gasteiger charge is 2.23. The van der Waals surface area contributed by atoms with Crippen LogP contribution in [0.2, 0.25) is 0 Å². The zero-order valence-corrected chi connectivity index (χ0v) is 35.0. The normalized spacial score (nSPS) is 13.3. The summed E-state index contributed by atoms with van der Waals surface area (Å²) >= 11 is 0. The van der Waals surface area contributed by atoms with Crippen molar-refractivity contribution in [2.45, 2.75) is 71.6 Å². The van der Waals surface area contributed by atoms with Gasteiger partial charge in [-0.2, -0.15) is 0 Å². The first-order valence-corrected chi connectivity index (χ1v) is 21.9. The summed E-state index contributed by atoms with van der Waals surface area (Å²) in [4.78, 5) is 26.8. The number of benzene rings is 8. The molecule has 0 unspecified atom stereocenters. The van der Waals surface area contributed by atoms with E-state index in [1.165, 1.54) is 33.4 Å². The van der Waals surface area contributed by atoms with Crippen molar-refractivity contribution in [2.75, 3.05) is 0 Å². The zero-order valence-electron chi connectivity index (χ0n) is 35.0. The Morgan fingerprint density at radius 3 is 1.07 bits per heavy atom. The second-order valence-corrected chi connectivity index (χ2v) is 16.3. The molecule has 9 rings (SSSR count). The minimum atomic E-state index is -0.284. The molecule has 0 spiro atoms. The summed E-state index contributed by atoms with van der Waals surface area (Å²) in [6.45, 7) is 4.41. The number of fused-ring (bicyclic) bond motifs is 7. The van der Waals surface area contributed by atoms with Crippen LogP contribution in [0.5, 0.6) is 11.5 Å². The molecule has 61 heavy (non-hydrogen) atoms. The van der Waals surface area contributed by atoms with Crippen molar-refractivity contribution in [1.29, 1.82) is 0 Å². The molecule has 0 fully saturated rings. The third-order valence-corrected chi connectivity index (χ3v) is 12.0. The molecule has 0 radical (unpaired) electrons. The number of hydrogen-bond acceptors (Lipinski definition) is 4. The van der Waals surface area contributed by atoms with Crippen LogP contribution in [0, 0.1) is 0 Å². The van der Waals surface area contributed by atoms with Gasteiger partial charge in [0.15, 0.2) is 0 Å². The Labute approximate surface area is 358 Å². The fraction of sp³-hybridized carbons (Fsp3) is 0.193. The van der Waals surface area contributed by atoms with Gasteiger partial charge < -0.3 is 9.47 Å². The topological polar surface area (TPSA) is 52.6 Å². The van der Waals surface area contributed by atoms with Gasteiger partial charge in [0.25, 0.3) is 0 Å². The van der Waals surface area contributed by atoms with Gasteiger partial charge in [0.1, 0.15) is 11.5 Å². The Kier molecular flexibility index (Phi) is 11.6. The maximum Gasteiger partial charge on any atom is 0.311 e. The zero-order chi connectivity index (χ0) is 41.7. The van der Waals surface area contributed by atoms with E-state index in [4.69, 9.17) is 9.47 Å². The highest BCUT2D eigenvalue weighted by Crippen LogP contribution is 2.47. The van der Waals surface area contributed by atoms with Crippen molar-refractivity contribution in [3.8, 4) is 67.1 Å². The first-order valence-electron chi connectivity index (χ1n) is 21.9. The maximum atomic E-state index is 13.4. The summed E-state index contributed by atoms with van der Waals surface area (Å²) < 4.78 is 12.4. The molecular formula is C57H50O4. The molecule has 0 aliphatic carbocycles. The number of esters is 2. The van der Waals surface area contributed by atoms with Crippen molar-refractivity contribution < 1.29 is 19.1 Å². The van der Waals surface area contributed by atoms with Gasteiger partial charge in [0.2, 0.25) is 0 Å². The predicted molar refractivity (Wildman–Crippen MR) is 251 cm³/mol. The van der Waals surface area contributed by atoms with Crippen LogP contribution in [0.15, 0.2) is 158 Å². The minimum Gasteiger partial charge on any atom is -0.426 e. The molecule has 1 aliphatic rings. The standard InChI is InChI=1S/C57H50O4/c1-3-8-38-12-16-40(17-13-38)42-20-24-44(25-21-42)46-28-32-50-48(36-46)30-34-52-56(50)57-51-33-29-47(45-26-22-43(23-27-45)41-18-14-39(9-4-2)15-19-41)37-49(51)31-35-53(57)61-55(59)11-7-5-6-10-54(58)60-52/h12-37H,3-11H2,1-2H3. The molecule has 302 valence electrons. The van der Waals surface area contributed by atoms with Crippen LogP contribution >= 0.6 is 0 Å². The minimum absolute atomic E-state index is 0.277. The smallest absolute Gasteiger partial charge is 0.311 e. The van der Waals surface area contributed by atoms with Crippen molar-refractivity contribution >= 4 is 33.5 Å². The van der Waals surface area contributed by atoms with Crippen molar-refractivity contribution in [3.05, 3.63) is 169 Å². The van der Waals surface area contributed by atoms with Crippen molar-refractivity contribution in [1.82, 2.24) is 0 Å². The van der Waals surface area contributed by atoms with Gasteiger partial charge in [-0.15, -0.1) is 0 Å². The second kappa shape index (κ2) is 17.8. The molecule has 0 saturated carbocycles. The van der Waals surface area contributed by atoms with Crippen LogP contribution in [0.25, 0.3) is 77.2 Å².